The van der Waals surface area contributed by atoms with E-state index in [1.165, 1.54) is 29.5 Å². The monoisotopic (exact) mass is 216 g/mol. The molecular weight excluding hydrogens is 200 g/mol. The molecule has 1 saturated heterocycles. The van der Waals surface area contributed by atoms with Gasteiger partial charge in [-0.1, -0.05) is 24.8 Å². The maximum absolute atomic E-state index is 5.62. The van der Waals surface area contributed by atoms with Crippen molar-refractivity contribution < 1.29 is 9.47 Å². The van der Waals surface area contributed by atoms with Gasteiger partial charge in [-0.2, -0.15) is 0 Å². The molecule has 1 aromatic carbocycles. The van der Waals surface area contributed by atoms with Gasteiger partial charge in [-0.3, -0.25) is 0 Å². The van der Waals surface area contributed by atoms with Crippen LogP contribution in [-0.2, 0) is 28.9 Å². The van der Waals surface area contributed by atoms with Crippen molar-refractivity contribution in [1.82, 2.24) is 0 Å². The van der Waals surface area contributed by atoms with Gasteiger partial charge in [-0.15, -0.1) is 0 Å². The van der Waals surface area contributed by atoms with Crippen molar-refractivity contribution in [2.45, 2.75) is 32.0 Å². The Bertz CT molecular complexity index is 415. The Labute approximate surface area is 95.9 Å². The lowest BCUT2D eigenvalue weighted by atomic mass is 9.87. The van der Waals surface area contributed by atoms with Crippen LogP contribution in [0.2, 0.25) is 0 Å². The smallest absolute Gasteiger partial charge is 0.128 e. The molecule has 2 heteroatoms. The largest absolute Gasteiger partial charge is 0.492 e. The summed E-state index contributed by atoms with van der Waals surface area (Å²) in [5.41, 5.74) is 4.27. The molecule has 0 saturated carbocycles. The number of fused-ring (bicyclic) bond motifs is 1. The molecule has 0 bridgehead atoms. The SMILES string of the molecule is C=C1CC(COCc2ccc3c(c2)CC3)O1. The van der Waals surface area contributed by atoms with Crippen LogP contribution in [0, 0.1) is 0 Å². The molecular formula is C14H16O2. The molecule has 3 rings (SSSR count). The zero-order valence-electron chi connectivity index (χ0n) is 9.37. The first-order chi connectivity index (χ1) is 7.81. The van der Waals surface area contributed by atoms with Crippen LogP contribution in [0.25, 0.3) is 0 Å². The van der Waals surface area contributed by atoms with Gasteiger partial charge in [0.15, 0.2) is 0 Å². The van der Waals surface area contributed by atoms with Crippen molar-refractivity contribution in [2.75, 3.05) is 6.61 Å². The number of ether oxygens (including phenoxy) is 2. The Morgan fingerprint density at radius 2 is 2.12 bits per heavy atom. The average molecular weight is 216 g/mol. The van der Waals surface area contributed by atoms with Crippen LogP contribution in [0.1, 0.15) is 23.1 Å². The maximum atomic E-state index is 5.62. The summed E-state index contributed by atoms with van der Waals surface area (Å²) in [7, 11) is 0. The molecule has 0 aromatic heterocycles. The first kappa shape index (κ1) is 9.91. The normalized spacial score (nSPS) is 21.8. The number of hydrogen-bond acceptors (Lipinski definition) is 2. The van der Waals surface area contributed by atoms with Crippen LogP contribution in [0.4, 0.5) is 0 Å². The fraction of sp³-hybridized carbons (Fsp3) is 0.429. The first-order valence-electron chi connectivity index (χ1n) is 5.84. The van der Waals surface area contributed by atoms with Gasteiger partial charge in [-0.25, -0.2) is 0 Å². The lowest BCUT2D eigenvalue weighted by Crippen LogP contribution is -2.29. The maximum Gasteiger partial charge on any atom is 0.128 e. The van der Waals surface area contributed by atoms with Gasteiger partial charge in [-0.05, 0) is 29.5 Å². The Hall–Kier alpha value is -1.28. The second kappa shape index (κ2) is 3.95. The topological polar surface area (TPSA) is 18.5 Å². The predicted molar refractivity (Wildman–Crippen MR) is 62.1 cm³/mol. The minimum absolute atomic E-state index is 0.235. The van der Waals surface area contributed by atoms with E-state index < -0.39 is 0 Å². The number of benzene rings is 1. The Morgan fingerprint density at radius 3 is 2.75 bits per heavy atom. The summed E-state index contributed by atoms with van der Waals surface area (Å²) in [6.45, 7) is 5.10. The highest BCUT2D eigenvalue weighted by atomic mass is 16.5. The van der Waals surface area contributed by atoms with Crippen LogP contribution in [-0.4, -0.2) is 12.7 Å². The molecule has 0 radical (unpaired) electrons. The van der Waals surface area contributed by atoms with Crippen LogP contribution in [0.15, 0.2) is 30.5 Å². The summed E-state index contributed by atoms with van der Waals surface area (Å²) < 4.78 is 10.9. The third-order valence-electron chi connectivity index (χ3n) is 3.30. The molecule has 1 fully saturated rings. The highest BCUT2D eigenvalue weighted by molar-refractivity contribution is 5.38. The van der Waals surface area contributed by atoms with Gasteiger partial charge in [0.1, 0.15) is 6.10 Å². The minimum atomic E-state index is 0.235. The molecule has 16 heavy (non-hydrogen) atoms. The van der Waals surface area contributed by atoms with E-state index in [1.54, 1.807) is 0 Å². The van der Waals surface area contributed by atoms with E-state index in [0.29, 0.717) is 13.2 Å². The molecule has 84 valence electrons. The quantitative estimate of drug-likeness (QED) is 0.770. The van der Waals surface area contributed by atoms with Crippen LogP contribution in [0.3, 0.4) is 0 Å². The molecule has 0 N–H and O–H groups in total. The van der Waals surface area contributed by atoms with E-state index in [2.05, 4.69) is 24.8 Å². The van der Waals surface area contributed by atoms with Crippen molar-refractivity contribution in [3.05, 3.63) is 47.2 Å². The van der Waals surface area contributed by atoms with Gasteiger partial charge < -0.3 is 9.47 Å². The average Bonchev–Trinajstić information content (AvgIpc) is 2.19. The Morgan fingerprint density at radius 1 is 1.31 bits per heavy atom. The van der Waals surface area contributed by atoms with E-state index in [1.807, 2.05) is 0 Å². The second-order valence-electron chi connectivity index (χ2n) is 4.60. The molecule has 1 heterocycles. The summed E-state index contributed by atoms with van der Waals surface area (Å²) in [5.74, 6) is 0.884. The van der Waals surface area contributed by atoms with Crippen molar-refractivity contribution in [1.29, 1.82) is 0 Å². The zero-order chi connectivity index (χ0) is 11.0. The van der Waals surface area contributed by atoms with Crippen molar-refractivity contribution in [3.63, 3.8) is 0 Å². The molecule has 2 aliphatic rings. The Balaban J connectivity index is 1.47. The molecule has 1 aliphatic carbocycles. The van der Waals surface area contributed by atoms with E-state index in [4.69, 9.17) is 9.47 Å². The Kier molecular flexibility index (Phi) is 2.44. The summed E-state index contributed by atoms with van der Waals surface area (Å²) in [6, 6.07) is 6.65. The van der Waals surface area contributed by atoms with Crippen molar-refractivity contribution >= 4 is 0 Å². The summed E-state index contributed by atoms with van der Waals surface area (Å²) in [5, 5.41) is 0. The number of aryl methyl sites for hydroxylation is 2. The van der Waals surface area contributed by atoms with E-state index >= 15 is 0 Å². The van der Waals surface area contributed by atoms with Crippen molar-refractivity contribution in [3.8, 4) is 0 Å². The minimum Gasteiger partial charge on any atom is -0.492 e. The van der Waals surface area contributed by atoms with Crippen molar-refractivity contribution in [2.24, 2.45) is 0 Å². The van der Waals surface area contributed by atoms with Gasteiger partial charge in [0.05, 0.1) is 19.0 Å². The van der Waals surface area contributed by atoms with E-state index in [9.17, 15) is 0 Å². The number of hydrogen-bond donors (Lipinski definition) is 0. The molecule has 1 unspecified atom stereocenters. The molecule has 2 nitrogen and oxygen atoms in total. The van der Waals surface area contributed by atoms with Crippen LogP contribution in [0.5, 0.6) is 0 Å². The zero-order valence-corrected chi connectivity index (χ0v) is 9.37. The lowest BCUT2D eigenvalue weighted by molar-refractivity contribution is -0.0474. The molecule has 1 atom stereocenters. The highest BCUT2D eigenvalue weighted by Gasteiger charge is 2.22. The first-order valence-corrected chi connectivity index (χ1v) is 5.84. The fourth-order valence-corrected chi connectivity index (χ4v) is 2.22. The van der Waals surface area contributed by atoms with Gasteiger partial charge >= 0.3 is 0 Å². The van der Waals surface area contributed by atoms with Crippen LogP contribution < -0.4 is 0 Å². The predicted octanol–water partition coefficient (Wildman–Crippen LogP) is 2.60. The molecule has 0 spiro atoms. The summed E-state index contributed by atoms with van der Waals surface area (Å²) >= 11 is 0. The molecule has 1 aromatic rings. The van der Waals surface area contributed by atoms with E-state index in [0.717, 1.165) is 12.2 Å². The van der Waals surface area contributed by atoms with Gasteiger partial charge in [0.2, 0.25) is 0 Å². The standard InChI is InChI=1S/C14H16O2/c1-10-6-14(16-10)9-15-8-11-2-3-12-4-5-13(12)7-11/h2-3,7,14H,1,4-6,8-9H2. The highest BCUT2D eigenvalue weighted by Crippen LogP contribution is 2.25. The van der Waals surface area contributed by atoms with E-state index in [-0.39, 0.29) is 6.10 Å². The summed E-state index contributed by atoms with van der Waals surface area (Å²) in [6.07, 6.45) is 3.66. The summed E-state index contributed by atoms with van der Waals surface area (Å²) in [4.78, 5) is 0. The second-order valence-corrected chi connectivity index (χ2v) is 4.60. The van der Waals surface area contributed by atoms with Gasteiger partial charge in [0, 0.05) is 6.42 Å². The third-order valence-corrected chi connectivity index (χ3v) is 3.30. The van der Waals surface area contributed by atoms with Crippen LogP contribution >= 0.6 is 0 Å². The fourth-order valence-electron chi connectivity index (χ4n) is 2.22. The lowest BCUT2D eigenvalue weighted by Gasteiger charge is -2.29. The molecule has 1 aliphatic heterocycles. The third kappa shape index (κ3) is 1.85. The number of rotatable bonds is 4. The van der Waals surface area contributed by atoms with Gasteiger partial charge in [0.25, 0.3) is 0 Å². The molecule has 0 amide bonds.